The van der Waals surface area contributed by atoms with Crippen molar-refractivity contribution in [3.05, 3.63) is 33.9 Å². The van der Waals surface area contributed by atoms with Gasteiger partial charge in [-0.1, -0.05) is 6.92 Å². The molecule has 1 aliphatic heterocycles. The van der Waals surface area contributed by atoms with Crippen LogP contribution < -0.4 is 4.90 Å². The van der Waals surface area contributed by atoms with E-state index >= 15 is 0 Å². The lowest BCUT2D eigenvalue weighted by molar-refractivity contribution is -0.385. The molecule has 1 atom stereocenters. The van der Waals surface area contributed by atoms with Crippen LogP contribution in [0.3, 0.4) is 0 Å². The summed E-state index contributed by atoms with van der Waals surface area (Å²) in [6, 6.07) is 7.28. The van der Waals surface area contributed by atoms with E-state index in [-0.39, 0.29) is 11.3 Å². The Balaban J connectivity index is 2.12. The van der Waals surface area contributed by atoms with Crippen molar-refractivity contribution in [1.82, 2.24) is 4.90 Å². The van der Waals surface area contributed by atoms with Gasteiger partial charge in [0.15, 0.2) is 0 Å². The van der Waals surface area contributed by atoms with Crippen LogP contribution in [0.5, 0.6) is 0 Å². The zero-order valence-corrected chi connectivity index (χ0v) is 12.5. The van der Waals surface area contributed by atoms with Crippen molar-refractivity contribution < 1.29 is 4.92 Å². The first-order valence-corrected chi connectivity index (χ1v) is 7.24. The monoisotopic (exact) mass is 288 g/mol. The zero-order chi connectivity index (χ0) is 15.4. The lowest BCUT2D eigenvalue weighted by atomic mass is 10.1. The Hall–Kier alpha value is -2.13. The first-order valence-electron chi connectivity index (χ1n) is 7.24. The van der Waals surface area contributed by atoms with Gasteiger partial charge < -0.3 is 4.90 Å². The molecule has 1 heterocycles. The number of hydrogen-bond acceptors (Lipinski definition) is 5. The van der Waals surface area contributed by atoms with Crippen LogP contribution in [0.4, 0.5) is 11.4 Å². The normalized spacial score (nSPS) is 17.3. The number of piperazine rings is 1. The molecule has 0 aliphatic carbocycles. The maximum atomic E-state index is 11.0. The molecule has 0 N–H and O–H groups in total. The lowest BCUT2D eigenvalue weighted by Gasteiger charge is -2.38. The van der Waals surface area contributed by atoms with Gasteiger partial charge in [0.25, 0.3) is 5.69 Å². The summed E-state index contributed by atoms with van der Waals surface area (Å²) in [5.74, 6) is 0. The Morgan fingerprint density at radius 2 is 2.05 bits per heavy atom. The van der Waals surface area contributed by atoms with E-state index in [0.29, 0.717) is 6.04 Å². The number of nitrogens with zero attached hydrogens (tertiary/aromatic N) is 4. The largest absolute Gasteiger partial charge is 0.369 e. The van der Waals surface area contributed by atoms with Crippen LogP contribution >= 0.6 is 0 Å². The first kappa shape index (κ1) is 15.3. The van der Waals surface area contributed by atoms with Gasteiger partial charge in [0.2, 0.25) is 0 Å². The molecule has 1 aliphatic rings. The van der Waals surface area contributed by atoms with Crippen molar-refractivity contribution in [2.24, 2.45) is 0 Å². The van der Waals surface area contributed by atoms with Crippen LogP contribution in [-0.2, 0) is 0 Å². The number of nitriles is 1. The third kappa shape index (κ3) is 3.31. The summed E-state index contributed by atoms with van der Waals surface area (Å²) in [6.07, 6.45) is 1.13. The molecule has 0 amide bonds. The molecule has 1 unspecified atom stereocenters. The molecule has 112 valence electrons. The number of nitro groups is 1. The second-order valence-corrected chi connectivity index (χ2v) is 5.35. The second kappa shape index (κ2) is 6.55. The SMILES string of the molecule is CCC(C)N1CCN(c2ccc(C#N)c([N+](=O)[O-])c2)CC1. The molecule has 21 heavy (non-hydrogen) atoms. The number of nitro benzene ring substituents is 1. The summed E-state index contributed by atoms with van der Waals surface area (Å²) in [6.45, 7) is 8.04. The van der Waals surface area contributed by atoms with E-state index in [1.807, 2.05) is 6.07 Å². The highest BCUT2D eigenvalue weighted by molar-refractivity contribution is 5.60. The van der Waals surface area contributed by atoms with Crippen molar-refractivity contribution in [3.8, 4) is 6.07 Å². The smallest absolute Gasteiger partial charge is 0.289 e. The van der Waals surface area contributed by atoms with E-state index < -0.39 is 4.92 Å². The Labute approximate surface area is 124 Å². The van der Waals surface area contributed by atoms with Gasteiger partial charge >= 0.3 is 0 Å². The standard InChI is InChI=1S/C15H20N4O2/c1-3-12(2)17-6-8-18(9-7-17)14-5-4-13(11-16)15(10-14)19(20)21/h4-5,10,12H,3,6-9H2,1-2H3. The Kier molecular flexibility index (Phi) is 4.76. The van der Waals surface area contributed by atoms with E-state index in [9.17, 15) is 10.1 Å². The number of hydrogen-bond donors (Lipinski definition) is 0. The molecule has 1 fully saturated rings. The Bertz CT molecular complexity index is 559. The number of rotatable bonds is 4. The highest BCUT2D eigenvalue weighted by Crippen LogP contribution is 2.26. The number of anilines is 1. The third-order valence-corrected chi connectivity index (χ3v) is 4.19. The first-order chi connectivity index (χ1) is 10.1. The van der Waals surface area contributed by atoms with Crippen molar-refractivity contribution in [3.63, 3.8) is 0 Å². The van der Waals surface area contributed by atoms with Gasteiger partial charge in [-0.3, -0.25) is 15.0 Å². The third-order valence-electron chi connectivity index (χ3n) is 4.19. The van der Waals surface area contributed by atoms with Crippen LogP contribution in [0.25, 0.3) is 0 Å². The van der Waals surface area contributed by atoms with Gasteiger partial charge in [-0.2, -0.15) is 5.26 Å². The molecule has 0 spiro atoms. The average molecular weight is 288 g/mol. The van der Waals surface area contributed by atoms with Gasteiger partial charge in [-0.05, 0) is 25.5 Å². The van der Waals surface area contributed by atoms with Gasteiger partial charge in [-0.25, -0.2) is 0 Å². The van der Waals surface area contributed by atoms with Crippen molar-refractivity contribution >= 4 is 11.4 Å². The van der Waals surface area contributed by atoms with E-state index in [1.54, 1.807) is 6.07 Å². The lowest BCUT2D eigenvalue weighted by Crippen LogP contribution is -2.49. The summed E-state index contributed by atoms with van der Waals surface area (Å²) in [5.41, 5.74) is 0.825. The van der Waals surface area contributed by atoms with E-state index in [0.717, 1.165) is 38.3 Å². The fourth-order valence-corrected chi connectivity index (χ4v) is 2.64. The minimum Gasteiger partial charge on any atom is -0.369 e. The zero-order valence-electron chi connectivity index (χ0n) is 12.5. The van der Waals surface area contributed by atoms with E-state index in [2.05, 4.69) is 23.6 Å². The highest BCUT2D eigenvalue weighted by Gasteiger charge is 2.22. The van der Waals surface area contributed by atoms with Gasteiger partial charge in [0.1, 0.15) is 11.6 Å². The summed E-state index contributed by atoms with van der Waals surface area (Å²) in [4.78, 5) is 15.1. The predicted molar refractivity (Wildman–Crippen MR) is 81.4 cm³/mol. The molecule has 0 aromatic heterocycles. The van der Waals surface area contributed by atoms with Gasteiger partial charge in [0, 0.05) is 44.0 Å². The molecule has 0 saturated carbocycles. The molecule has 0 radical (unpaired) electrons. The van der Waals surface area contributed by atoms with Crippen molar-refractivity contribution in [2.45, 2.75) is 26.3 Å². The molecule has 0 bridgehead atoms. The van der Waals surface area contributed by atoms with E-state index in [1.165, 1.54) is 12.1 Å². The van der Waals surface area contributed by atoms with Crippen LogP contribution in [0, 0.1) is 21.4 Å². The summed E-state index contributed by atoms with van der Waals surface area (Å²) in [7, 11) is 0. The molecule has 1 saturated heterocycles. The second-order valence-electron chi connectivity index (χ2n) is 5.35. The molecular formula is C15H20N4O2. The molecule has 2 rings (SSSR count). The van der Waals surface area contributed by atoms with Crippen molar-refractivity contribution in [2.75, 3.05) is 31.1 Å². The van der Waals surface area contributed by atoms with Crippen molar-refractivity contribution in [1.29, 1.82) is 5.26 Å². The van der Waals surface area contributed by atoms with Gasteiger partial charge in [-0.15, -0.1) is 0 Å². The quantitative estimate of drug-likeness (QED) is 0.628. The minimum absolute atomic E-state index is 0.112. The molecular weight excluding hydrogens is 268 g/mol. The Morgan fingerprint density at radius 1 is 1.38 bits per heavy atom. The topological polar surface area (TPSA) is 73.4 Å². The number of benzene rings is 1. The fraction of sp³-hybridized carbons (Fsp3) is 0.533. The highest BCUT2D eigenvalue weighted by atomic mass is 16.6. The average Bonchev–Trinajstić information content (AvgIpc) is 2.53. The Morgan fingerprint density at radius 3 is 2.57 bits per heavy atom. The molecule has 1 aromatic carbocycles. The van der Waals surface area contributed by atoms with Crippen LogP contribution in [-0.4, -0.2) is 42.0 Å². The van der Waals surface area contributed by atoms with Gasteiger partial charge in [0.05, 0.1) is 4.92 Å². The van der Waals surface area contributed by atoms with E-state index in [4.69, 9.17) is 5.26 Å². The maximum absolute atomic E-state index is 11.0. The summed E-state index contributed by atoms with van der Waals surface area (Å²) >= 11 is 0. The molecule has 6 nitrogen and oxygen atoms in total. The summed E-state index contributed by atoms with van der Waals surface area (Å²) in [5, 5.41) is 19.9. The summed E-state index contributed by atoms with van der Waals surface area (Å²) < 4.78 is 0. The van der Waals surface area contributed by atoms with Crippen LogP contribution in [0.2, 0.25) is 0 Å². The maximum Gasteiger partial charge on any atom is 0.289 e. The minimum atomic E-state index is -0.489. The van der Waals surface area contributed by atoms with Crippen LogP contribution in [0.1, 0.15) is 25.8 Å². The molecule has 6 heteroatoms. The molecule has 1 aromatic rings. The van der Waals surface area contributed by atoms with Crippen LogP contribution in [0.15, 0.2) is 18.2 Å². The fourth-order valence-electron chi connectivity index (χ4n) is 2.64. The predicted octanol–water partition coefficient (Wildman–Crippen LogP) is 2.39.